The Balaban J connectivity index is 1.85. The van der Waals surface area contributed by atoms with Gasteiger partial charge in [0.25, 0.3) is 5.56 Å². The van der Waals surface area contributed by atoms with Gasteiger partial charge in [-0.3, -0.25) is 9.48 Å². The van der Waals surface area contributed by atoms with E-state index in [4.69, 9.17) is 27.9 Å². The molecule has 0 bridgehead atoms. The van der Waals surface area contributed by atoms with Crippen LogP contribution in [0.4, 0.5) is 4.39 Å². The second kappa shape index (κ2) is 6.94. The lowest BCUT2D eigenvalue weighted by Crippen LogP contribution is -2.27. The number of benzene rings is 2. The lowest BCUT2D eigenvalue weighted by atomic mass is 10.1. The van der Waals surface area contributed by atoms with Crippen LogP contribution in [0.5, 0.6) is 17.2 Å². The first kappa shape index (κ1) is 17.9. The maximum absolute atomic E-state index is 14.7. The van der Waals surface area contributed by atoms with E-state index >= 15 is 0 Å². The van der Waals surface area contributed by atoms with Gasteiger partial charge in [-0.15, -0.1) is 0 Å². The van der Waals surface area contributed by atoms with Gasteiger partial charge in [-0.1, -0.05) is 35.3 Å². The van der Waals surface area contributed by atoms with Crippen molar-refractivity contribution in [1.82, 2.24) is 9.36 Å². The number of rotatable bonds is 3. The zero-order valence-corrected chi connectivity index (χ0v) is 15.6. The first-order valence-electron chi connectivity index (χ1n) is 8.41. The number of nitrogens with zero attached hydrogens (tertiary/aromatic N) is 2. The van der Waals surface area contributed by atoms with E-state index in [1.54, 1.807) is 22.9 Å². The van der Waals surface area contributed by atoms with Crippen molar-refractivity contribution in [1.29, 1.82) is 0 Å². The third-order valence-electron chi connectivity index (χ3n) is 4.54. The second-order valence-corrected chi connectivity index (χ2v) is 7.02. The van der Waals surface area contributed by atoms with Gasteiger partial charge in [0.2, 0.25) is 0 Å². The van der Waals surface area contributed by atoms with Crippen LogP contribution >= 0.6 is 23.2 Å². The van der Waals surface area contributed by atoms with Gasteiger partial charge in [0.15, 0.2) is 11.5 Å². The predicted molar refractivity (Wildman–Crippen MR) is 102 cm³/mol. The number of fused-ring (bicyclic) bond motifs is 1. The van der Waals surface area contributed by atoms with Gasteiger partial charge < -0.3 is 9.84 Å². The van der Waals surface area contributed by atoms with E-state index in [-0.39, 0.29) is 44.1 Å². The average molecular weight is 409 g/mol. The Morgan fingerprint density at radius 3 is 2.44 bits per heavy atom. The largest absolute Gasteiger partial charge is 0.504 e. The smallest absolute Gasteiger partial charge is 0.276 e. The molecule has 0 saturated heterocycles. The van der Waals surface area contributed by atoms with Crippen molar-refractivity contribution < 1.29 is 14.2 Å². The van der Waals surface area contributed by atoms with Crippen LogP contribution in [0, 0.1) is 5.82 Å². The molecule has 0 amide bonds. The summed E-state index contributed by atoms with van der Waals surface area (Å²) in [5.41, 5.74) is -0.265. The van der Waals surface area contributed by atoms with Gasteiger partial charge in [0, 0.05) is 18.7 Å². The average Bonchev–Trinajstić information content (AvgIpc) is 2.91. The highest BCUT2D eigenvalue weighted by Gasteiger charge is 2.25. The summed E-state index contributed by atoms with van der Waals surface area (Å²) in [6.45, 7) is 1.14. The fourth-order valence-electron chi connectivity index (χ4n) is 3.21. The molecule has 1 aliphatic heterocycles. The second-order valence-electron chi connectivity index (χ2n) is 6.26. The number of ether oxygens (including phenoxy) is 1. The fourth-order valence-corrected chi connectivity index (χ4v) is 3.76. The zero-order chi connectivity index (χ0) is 19.1. The molecular formula is C19H15Cl2FN2O3. The van der Waals surface area contributed by atoms with Crippen molar-refractivity contribution in [3.8, 4) is 28.4 Å². The van der Waals surface area contributed by atoms with Crippen LogP contribution < -0.4 is 10.3 Å². The van der Waals surface area contributed by atoms with Crippen LogP contribution in [0.25, 0.3) is 11.1 Å². The Morgan fingerprint density at radius 2 is 1.74 bits per heavy atom. The van der Waals surface area contributed by atoms with Crippen molar-refractivity contribution in [3.63, 3.8) is 0 Å². The molecule has 3 aromatic rings. The summed E-state index contributed by atoms with van der Waals surface area (Å²) in [6, 6.07) is 8.74. The Kier molecular flexibility index (Phi) is 4.61. The molecule has 8 heteroatoms. The quantitative estimate of drug-likeness (QED) is 0.659. The van der Waals surface area contributed by atoms with E-state index < -0.39 is 5.82 Å². The number of hydrogen-bond donors (Lipinski definition) is 1. The standard InChI is InChI=1S/C19H15Cl2FN2O3/c20-12-10-13(22)11(9-16(12)27-15-6-2-1-5-14(15)25)17-18(21)23-7-3-4-8-24(23)19(17)26/h1-2,5-6,9-10,25H,3-4,7-8H2. The van der Waals surface area contributed by atoms with Gasteiger partial charge in [0.05, 0.1) is 10.6 Å². The van der Waals surface area contributed by atoms with Crippen LogP contribution in [0.1, 0.15) is 12.8 Å². The minimum atomic E-state index is -0.674. The lowest BCUT2D eigenvalue weighted by Gasteiger charge is -2.17. The van der Waals surface area contributed by atoms with Crippen LogP contribution in [-0.4, -0.2) is 14.5 Å². The van der Waals surface area contributed by atoms with Crippen LogP contribution in [0.2, 0.25) is 10.2 Å². The van der Waals surface area contributed by atoms with E-state index in [9.17, 15) is 14.3 Å². The van der Waals surface area contributed by atoms with Crippen molar-refractivity contribution in [2.45, 2.75) is 25.9 Å². The number of phenolic OH excluding ortho intramolecular Hbond substituents is 1. The summed E-state index contributed by atoms with van der Waals surface area (Å²) in [4.78, 5) is 12.8. The van der Waals surface area contributed by atoms with Gasteiger partial charge in [0.1, 0.15) is 16.7 Å². The van der Waals surface area contributed by atoms with E-state index in [1.165, 1.54) is 16.8 Å². The van der Waals surface area contributed by atoms with Crippen LogP contribution in [0.3, 0.4) is 0 Å². The predicted octanol–water partition coefficient (Wildman–Crippen LogP) is 5.05. The van der Waals surface area contributed by atoms with Gasteiger partial charge in [-0.2, -0.15) is 0 Å². The Bertz CT molecular complexity index is 1090. The van der Waals surface area contributed by atoms with Gasteiger partial charge >= 0.3 is 0 Å². The highest BCUT2D eigenvalue weighted by atomic mass is 35.5. The highest BCUT2D eigenvalue weighted by Crippen LogP contribution is 2.39. The Morgan fingerprint density at radius 1 is 1.04 bits per heavy atom. The monoisotopic (exact) mass is 408 g/mol. The molecule has 0 saturated carbocycles. The number of aromatic nitrogens is 2. The molecule has 4 rings (SSSR count). The minimum Gasteiger partial charge on any atom is -0.504 e. The first-order chi connectivity index (χ1) is 13.0. The first-order valence-corrected chi connectivity index (χ1v) is 9.17. The summed E-state index contributed by atoms with van der Waals surface area (Å²) >= 11 is 12.5. The number of halogens is 3. The molecule has 1 N–H and O–H groups in total. The lowest BCUT2D eigenvalue weighted by molar-refractivity contribution is 0.356. The molecule has 0 fully saturated rings. The van der Waals surface area contributed by atoms with Crippen LogP contribution in [0.15, 0.2) is 41.2 Å². The molecule has 140 valence electrons. The van der Waals surface area contributed by atoms with E-state index in [0.29, 0.717) is 13.1 Å². The van der Waals surface area contributed by atoms with Crippen molar-refractivity contribution in [2.75, 3.05) is 0 Å². The molecule has 1 aromatic heterocycles. The topological polar surface area (TPSA) is 56.4 Å². The normalized spacial score (nSPS) is 13.4. The maximum Gasteiger partial charge on any atom is 0.276 e. The molecule has 0 aliphatic carbocycles. The highest BCUT2D eigenvalue weighted by molar-refractivity contribution is 6.33. The van der Waals surface area contributed by atoms with Crippen molar-refractivity contribution in [3.05, 3.63) is 62.7 Å². The fraction of sp³-hybridized carbons (Fsp3) is 0.211. The molecule has 5 nitrogen and oxygen atoms in total. The van der Waals surface area contributed by atoms with Crippen molar-refractivity contribution >= 4 is 23.2 Å². The summed E-state index contributed by atoms with van der Waals surface area (Å²) in [6.07, 6.45) is 1.77. The number of hydrogen-bond acceptors (Lipinski definition) is 3. The van der Waals surface area contributed by atoms with Gasteiger partial charge in [-0.25, -0.2) is 9.07 Å². The number of phenols is 1. The molecule has 0 atom stereocenters. The molecule has 0 unspecified atom stereocenters. The zero-order valence-electron chi connectivity index (χ0n) is 14.1. The molecule has 0 spiro atoms. The minimum absolute atomic E-state index is 0.00854. The third-order valence-corrected chi connectivity index (χ3v) is 5.22. The summed E-state index contributed by atoms with van der Waals surface area (Å²) in [7, 11) is 0. The number of aromatic hydroxyl groups is 1. The Labute approximate surface area is 164 Å². The maximum atomic E-state index is 14.7. The SMILES string of the molecule is O=c1c(-c2cc(Oc3ccccc3O)c(Cl)cc2F)c(Cl)n2n1CCCC2. The third kappa shape index (κ3) is 3.09. The van der Waals surface area contributed by atoms with E-state index in [1.807, 2.05) is 0 Å². The van der Waals surface area contributed by atoms with Gasteiger partial charge in [-0.05, 0) is 37.1 Å². The van der Waals surface area contributed by atoms with Crippen molar-refractivity contribution in [2.24, 2.45) is 0 Å². The number of para-hydroxylation sites is 2. The Hall–Kier alpha value is -2.44. The summed E-state index contributed by atoms with van der Waals surface area (Å²) in [5, 5.41) is 10.1. The molecular weight excluding hydrogens is 394 g/mol. The van der Waals surface area contributed by atoms with Crippen LogP contribution in [-0.2, 0) is 13.1 Å². The van der Waals surface area contributed by atoms with E-state index in [0.717, 1.165) is 18.9 Å². The summed E-state index contributed by atoms with van der Waals surface area (Å²) < 4.78 is 23.5. The molecule has 1 aliphatic rings. The molecule has 27 heavy (non-hydrogen) atoms. The molecule has 0 radical (unpaired) electrons. The summed E-state index contributed by atoms with van der Waals surface area (Å²) in [5.74, 6) is -0.487. The molecule has 2 aromatic carbocycles. The van der Waals surface area contributed by atoms with E-state index in [2.05, 4.69) is 0 Å². The molecule has 2 heterocycles.